The van der Waals surface area contributed by atoms with Crippen LogP contribution in [0, 0.1) is 0 Å². The molecule has 0 aromatic carbocycles. The Morgan fingerprint density at radius 3 is 3.00 bits per heavy atom. The van der Waals surface area contributed by atoms with Crippen molar-refractivity contribution in [3.63, 3.8) is 0 Å². The van der Waals surface area contributed by atoms with Gasteiger partial charge in [0.25, 0.3) is 0 Å². The third-order valence-corrected chi connectivity index (χ3v) is 2.47. The number of methoxy groups -OCH3 is 1. The summed E-state index contributed by atoms with van der Waals surface area (Å²) >= 11 is 0. The summed E-state index contributed by atoms with van der Waals surface area (Å²) in [5, 5.41) is 4.27. The normalized spacial score (nSPS) is 10.8. The lowest BCUT2D eigenvalue weighted by Gasteiger charge is -2.07. The lowest BCUT2D eigenvalue weighted by molar-refractivity contribution is 0.419. The molecule has 0 aliphatic rings. The van der Waals surface area contributed by atoms with Gasteiger partial charge in [-0.05, 0) is 12.5 Å². The van der Waals surface area contributed by atoms with Gasteiger partial charge >= 0.3 is 0 Å². The molecule has 2 aromatic rings. The van der Waals surface area contributed by atoms with Gasteiger partial charge in [0.2, 0.25) is 0 Å². The van der Waals surface area contributed by atoms with E-state index in [4.69, 9.17) is 10.5 Å². The summed E-state index contributed by atoms with van der Waals surface area (Å²) in [5.41, 5.74) is 8.68. The fourth-order valence-electron chi connectivity index (χ4n) is 1.79. The fraction of sp³-hybridized carbons (Fsp3) is 0.364. The molecule has 0 aliphatic heterocycles. The zero-order chi connectivity index (χ0) is 10.8. The molecule has 0 atom stereocenters. The number of ether oxygens (including phenoxy) is 1. The van der Waals surface area contributed by atoms with Crippen molar-refractivity contribution < 1.29 is 4.74 Å². The number of pyridine rings is 1. The summed E-state index contributed by atoms with van der Waals surface area (Å²) in [7, 11) is 1.63. The zero-order valence-corrected chi connectivity index (χ0v) is 9.03. The summed E-state index contributed by atoms with van der Waals surface area (Å²) in [4.78, 5) is 0. The maximum Gasteiger partial charge on any atom is 0.167 e. The summed E-state index contributed by atoms with van der Waals surface area (Å²) in [5.74, 6) is 0.721. The molecule has 2 aromatic heterocycles. The van der Waals surface area contributed by atoms with Crippen LogP contribution in [0.1, 0.15) is 18.9 Å². The van der Waals surface area contributed by atoms with Gasteiger partial charge in [0.05, 0.1) is 19.0 Å². The molecule has 0 fully saturated rings. The number of rotatable bonds is 3. The highest BCUT2D eigenvalue weighted by atomic mass is 16.5. The smallest absolute Gasteiger partial charge is 0.167 e. The molecule has 0 bridgehead atoms. The van der Waals surface area contributed by atoms with Crippen LogP contribution >= 0.6 is 0 Å². The molecule has 2 rings (SSSR count). The summed E-state index contributed by atoms with van der Waals surface area (Å²) in [6.07, 6.45) is 5.80. The van der Waals surface area contributed by atoms with E-state index in [0.717, 1.165) is 24.1 Å². The molecule has 0 radical (unpaired) electrons. The maximum absolute atomic E-state index is 5.86. The van der Waals surface area contributed by atoms with Crippen LogP contribution in [0.2, 0.25) is 0 Å². The number of fused-ring (bicyclic) bond motifs is 1. The second-order valence-electron chi connectivity index (χ2n) is 3.52. The molecular weight excluding hydrogens is 190 g/mol. The monoisotopic (exact) mass is 205 g/mol. The van der Waals surface area contributed by atoms with Gasteiger partial charge in [-0.3, -0.25) is 0 Å². The van der Waals surface area contributed by atoms with Crippen molar-refractivity contribution in [1.29, 1.82) is 0 Å². The van der Waals surface area contributed by atoms with Crippen LogP contribution in [0.4, 0.5) is 5.69 Å². The van der Waals surface area contributed by atoms with Gasteiger partial charge in [0, 0.05) is 11.8 Å². The van der Waals surface area contributed by atoms with Crippen LogP contribution < -0.4 is 10.5 Å². The molecular formula is C11H15N3O. The molecule has 0 spiro atoms. The van der Waals surface area contributed by atoms with Crippen molar-refractivity contribution in [2.45, 2.75) is 19.8 Å². The first-order valence-corrected chi connectivity index (χ1v) is 5.06. The SMILES string of the molecule is CCCc1cnn2ccc(N)c(OC)c12. The number of anilines is 1. The molecule has 15 heavy (non-hydrogen) atoms. The molecule has 80 valence electrons. The van der Waals surface area contributed by atoms with Crippen LogP contribution in [-0.2, 0) is 6.42 Å². The van der Waals surface area contributed by atoms with E-state index in [2.05, 4.69) is 12.0 Å². The second-order valence-corrected chi connectivity index (χ2v) is 3.52. The Hall–Kier alpha value is -1.71. The first kappa shape index (κ1) is 9.83. The van der Waals surface area contributed by atoms with Crippen LogP contribution in [0.5, 0.6) is 5.75 Å². The van der Waals surface area contributed by atoms with Crippen molar-refractivity contribution in [2.24, 2.45) is 0 Å². The van der Waals surface area contributed by atoms with E-state index in [1.54, 1.807) is 17.7 Å². The Morgan fingerprint density at radius 2 is 2.33 bits per heavy atom. The molecule has 0 saturated carbocycles. The Morgan fingerprint density at radius 1 is 1.53 bits per heavy atom. The van der Waals surface area contributed by atoms with Gasteiger partial charge in [-0.15, -0.1) is 0 Å². The van der Waals surface area contributed by atoms with E-state index >= 15 is 0 Å². The summed E-state index contributed by atoms with van der Waals surface area (Å²) < 4.78 is 7.12. The Balaban J connectivity index is 2.69. The minimum Gasteiger partial charge on any atom is -0.492 e. The third kappa shape index (κ3) is 1.52. The molecule has 2 heterocycles. The Labute approximate surface area is 88.7 Å². The van der Waals surface area contributed by atoms with E-state index in [9.17, 15) is 0 Å². The minimum atomic E-state index is 0.655. The lowest BCUT2D eigenvalue weighted by Crippen LogP contribution is -1.98. The standard InChI is InChI=1S/C11H15N3O/c1-3-4-8-7-13-14-6-5-9(12)11(15-2)10(8)14/h5-7H,3-4,12H2,1-2H3. The van der Waals surface area contributed by atoms with Crippen LogP contribution in [0.3, 0.4) is 0 Å². The molecule has 0 unspecified atom stereocenters. The number of nitrogen functional groups attached to an aromatic ring is 1. The maximum atomic E-state index is 5.86. The highest BCUT2D eigenvalue weighted by molar-refractivity contribution is 5.74. The van der Waals surface area contributed by atoms with Gasteiger partial charge < -0.3 is 10.5 Å². The average Bonchev–Trinajstić information content (AvgIpc) is 2.63. The topological polar surface area (TPSA) is 52.5 Å². The van der Waals surface area contributed by atoms with Crippen LogP contribution in [0.15, 0.2) is 18.5 Å². The highest BCUT2D eigenvalue weighted by Gasteiger charge is 2.11. The first-order chi connectivity index (χ1) is 7.27. The number of nitrogens with two attached hydrogens (primary N) is 1. The fourth-order valence-corrected chi connectivity index (χ4v) is 1.79. The van der Waals surface area contributed by atoms with Crippen molar-refractivity contribution in [3.8, 4) is 5.75 Å². The quantitative estimate of drug-likeness (QED) is 0.832. The third-order valence-electron chi connectivity index (χ3n) is 2.47. The predicted octanol–water partition coefficient (Wildman–Crippen LogP) is 1.88. The number of aryl methyl sites for hydroxylation is 1. The molecule has 0 aliphatic carbocycles. The molecule has 4 heteroatoms. The van der Waals surface area contributed by atoms with Gasteiger partial charge in [-0.1, -0.05) is 13.3 Å². The molecule has 0 amide bonds. The van der Waals surface area contributed by atoms with Gasteiger partial charge in [0.1, 0.15) is 5.52 Å². The lowest BCUT2D eigenvalue weighted by atomic mass is 10.1. The second kappa shape index (κ2) is 3.81. The molecule has 2 N–H and O–H groups in total. The Bertz CT molecular complexity index is 476. The number of nitrogens with zero attached hydrogens (tertiary/aromatic N) is 2. The van der Waals surface area contributed by atoms with Crippen molar-refractivity contribution in [3.05, 3.63) is 24.0 Å². The zero-order valence-electron chi connectivity index (χ0n) is 9.03. The summed E-state index contributed by atoms with van der Waals surface area (Å²) in [6.45, 7) is 2.14. The van der Waals surface area contributed by atoms with E-state index in [1.807, 2.05) is 12.4 Å². The molecule has 0 saturated heterocycles. The number of hydrogen-bond acceptors (Lipinski definition) is 3. The van der Waals surface area contributed by atoms with Gasteiger partial charge in [-0.2, -0.15) is 5.10 Å². The van der Waals surface area contributed by atoms with Gasteiger partial charge in [0.15, 0.2) is 5.75 Å². The van der Waals surface area contributed by atoms with Crippen LogP contribution in [-0.4, -0.2) is 16.7 Å². The predicted molar refractivity (Wildman–Crippen MR) is 60.2 cm³/mol. The van der Waals surface area contributed by atoms with Crippen LogP contribution in [0.25, 0.3) is 5.52 Å². The van der Waals surface area contributed by atoms with E-state index in [1.165, 1.54) is 5.56 Å². The summed E-state index contributed by atoms with van der Waals surface area (Å²) in [6, 6.07) is 1.80. The van der Waals surface area contributed by atoms with E-state index in [-0.39, 0.29) is 0 Å². The highest BCUT2D eigenvalue weighted by Crippen LogP contribution is 2.29. The van der Waals surface area contributed by atoms with Crippen molar-refractivity contribution in [1.82, 2.24) is 9.61 Å². The van der Waals surface area contributed by atoms with Crippen molar-refractivity contribution in [2.75, 3.05) is 12.8 Å². The van der Waals surface area contributed by atoms with Gasteiger partial charge in [-0.25, -0.2) is 4.52 Å². The largest absolute Gasteiger partial charge is 0.492 e. The number of aromatic nitrogens is 2. The minimum absolute atomic E-state index is 0.655. The average molecular weight is 205 g/mol. The first-order valence-electron chi connectivity index (χ1n) is 5.06. The van der Waals surface area contributed by atoms with E-state index in [0.29, 0.717) is 5.69 Å². The Kier molecular flexibility index (Phi) is 2.49. The van der Waals surface area contributed by atoms with Crippen molar-refractivity contribution >= 4 is 11.2 Å². The molecule has 4 nitrogen and oxygen atoms in total. The number of hydrogen-bond donors (Lipinski definition) is 1. The van der Waals surface area contributed by atoms with E-state index < -0.39 is 0 Å².